The van der Waals surface area contributed by atoms with Gasteiger partial charge in [0.15, 0.2) is 0 Å². The van der Waals surface area contributed by atoms with Crippen LogP contribution in [0.4, 0.5) is 0 Å². The molecule has 0 aliphatic carbocycles. The molecular weight excluding hydrogens is 256 g/mol. The molecule has 6 nitrogen and oxygen atoms in total. The molecule has 0 aliphatic heterocycles. The second-order valence-electron chi connectivity index (χ2n) is 4.08. The average Bonchev–Trinajstić information content (AvgIpc) is 2.44. The van der Waals surface area contributed by atoms with Gasteiger partial charge in [0.25, 0.3) is 5.91 Å². The van der Waals surface area contributed by atoms with Crippen molar-refractivity contribution in [1.29, 1.82) is 0 Å². The summed E-state index contributed by atoms with van der Waals surface area (Å²) in [5, 5.41) is 2.74. The molecule has 0 fully saturated rings. The van der Waals surface area contributed by atoms with Crippen molar-refractivity contribution in [3.05, 3.63) is 29.6 Å². The topological polar surface area (TPSA) is 111 Å². The van der Waals surface area contributed by atoms with Gasteiger partial charge in [-0.2, -0.15) is 0 Å². The zero-order valence-corrected chi connectivity index (χ0v) is 11.2. The van der Waals surface area contributed by atoms with Crippen LogP contribution in [0.5, 0.6) is 0 Å². The summed E-state index contributed by atoms with van der Waals surface area (Å²) in [6, 6.07) is 3.43. The minimum absolute atomic E-state index is 0.225. The van der Waals surface area contributed by atoms with Crippen LogP contribution in [0.25, 0.3) is 0 Å². The van der Waals surface area contributed by atoms with Crippen LogP contribution in [0.1, 0.15) is 35.3 Å². The van der Waals surface area contributed by atoms with Crippen molar-refractivity contribution in [2.75, 3.05) is 13.1 Å². The molecule has 1 aromatic rings. The largest absolute Gasteiger partial charge is 0.370 e. The van der Waals surface area contributed by atoms with E-state index in [1.54, 1.807) is 12.1 Å². The van der Waals surface area contributed by atoms with Crippen LogP contribution >= 0.6 is 0 Å². The Morgan fingerprint density at radius 1 is 1.35 bits per heavy atom. The number of hydrogen-bond acceptors (Lipinski definition) is 4. The lowest BCUT2D eigenvalue weighted by Gasteiger charge is -2.05. The van der Waals surface area contributed by atoms with E-state index >= 15 is 0 Å². The monoisotopic (exact) mass is 274 g/mol. The molecular formula is C14H18N4O2. The first kappa shape index (κ1) is 15.7. The number of pyridine rings is 1. The second-order valence-corrected chi connectivity index (χ2v) is 4.08. The highest BCUT2D eigenvalue weighted by Gasteiger charge is 2.10. The summed E-state index contributed by atoms with van der Waals surface area (Å²) in [5.74, 6) is 4.89. The minimum Gasteiger partial charge on any atom is -0.370 e. The van der Waals surface area contributed by atoms with Crippen molar-refractivity contribution in [3.63, 3.8) is 0 Å². The van der Waals surface area contributed by atoms with E-state index in [1.807, 2.05) is 0 Å². The van der Waals surface area contributed by atoms with E-state index in [0.29, 0.717) is 31.4 Å². The lowest BCUT2D eigenvalue weighted by Crippen LogP contribution is -2.26. The van der Waals surface area contributed by atoms with Crippen molar-refractivity contribution >= 4 is 11.8 Å². The normalized spacial score (nSPS) is 9.45. The fourth-order valence-corrected chi connectivity index (χ4v) is 1.54. The Morgan fingerprint density at radius 3 is 2.85 bits per heavy atom. The summed E-state index contributed by atoms with van der Waals surface area (Å²) >= 11 is 0. The Hall–Kier alpha value is -2.39. The zero-order valence-electron chi connectivity index (χ0n) is 11.2. The highest BCUT2D eigenvalue weighted by Crippen LogP contribution is 2.03. The molecule has 1 heterocycles. The number of aromatic nitrogens is 1. The Balaban J connectivity index is 2.53. The molecule has 6 heteroatoms. The average molecular weight is 274 g/mol. The third kappa shape index (κ3) is 5.50. The summed E-state index contributed by atoms with van der Waals surface area (Å²) < 4.78 is 0. The Kier molecular flexibility index (Phi) is 6.79. The number of hydrogen-bond donors (Lipinski definition) is 3. The van der Waals surface area contributed by atoms with E-state index in [9.17, 15) is 9.59 Å². The molecule has 0 aromatic carbocycles. The van der Waals surface area contributed by atoms with E-state index in [4.69, 9.17) is 11.5 Å². The third-order valence-electron chi connectivity index (χ3n) is 2.48. The summed E-state index contributed by atoms with van der Waals surface area (Å²) in [7, 11) is 0. The summed E-state index contributed by atoms with van der Waals surface area (Å²) in [6.07, 6.45) is 3.20. The smallest absolute Gasteiger partial charge is 0.271 e. The van der Waals surface area contributed by atoms with Crippen molar-refractivity contribution in [2.24, 2.45) is 11.5 Å². The number of nitrogens with one attached hydrogen (secondary N) is 1. The Labute approximate surface area is 117 Å². The number of amides is 2. The molecule has 106 valence electrons. The maximum Gasteiger partial charge on any atom is 0.271 e. The van der Waals surface area contributed by atoms with E-state index in [2.05, 4.69) is 22.1 Å². The molecule has 0 radical (unpaired) electrons. The number of rotatable bonds is 6. The van der Waals surface area contributed by atoms with Crippen LogP contribution in [0.15, 0.2) is 18.3 Å². The highest BCUT2D eigenvalue weighted by molar-refractivity contribution is 5.94. The minimum atomic E-state index is -0.333. The standard InChI is InChI=1S/C14H18N4O2/c15-8-3-5-11-6-4-10-17-13(11)14(20)18-9-2-1-7-12(16)19/h4,6,10H,1-2,7-9,15H2,(H2,16,19)(H,18,20). The summed E-state index contributed by atoms with van der Waals surface area (Å²) in [5.41, 5.74) is 11.2. The first-order valence-electron chi connectivity index (χ1n) is 6.35. The fraction of sp³-hybridized carbons (Fsp3) is 0.357. The molecule has 0 aliphatic rings. The molecule has 1 rings (SSSR count). The maximum absolute atomic E-state index is 12.0. The molecule has 0 spiro atoms. The van der Waals surface area contributed by atoms with Gasteiger partial charge in [0.05, 0.1) is 12.1 Å². The van der Waals surface area contributed by atoms with Crippen LogP contribution in [0.2, 0.25) is 0 Å². The van der Waals surface area contributed by atoms with Gasteiger partial charge in [0, 0.05) is 19.2 Å². The third-order valence-corrected chi connectivity index (χ3v) is 2.48. The van der Waals surface area contributed by atoms with Gasteiger partial charge in [-0.25, -0.2) is 4.98 Å². The van der Waals surface area contributed by atoms with Crippen LogP contribution < -0.4 is 16.8 Å². The summed E-state index contributed by atoms with van der Waals surface area (Å²) in [4.78, 5) is 26.6. The Bertz CT molecular complexity index is 531. The van der Waals surface area contributed by atoms with Crippen LogP contribution in [0.3, 0.4) is 0 Å². The van der Waals surface area contributed by atoms with Gasteiger partial charge in [-0.3, -0.25) is 9.59 Å². The van der Waals surface area contributed by atoms with E-state index in [1.165, 1.54) is 6.20 Å². The lowest BCUT2D eigenvalue weighted by atomic mass is 10.2. The molecule has 20 heavy (non-hydrogen) atoms. The van der Waals surface area contributed by atoms with Gasteiger partial charge in [-0.05, 0) is 25.0 Å². The SMILES string of the molecule is NCC#Cc1cccnc1C(=O)NCCCCC(N)=O. The van der Waals surface area contributed by atoms with Gasteiger partial charge in [0.2, 0.25) is 5.91 Å². The predicted octanol–water partition coefficient (Wildman–Crippen LogP) is -0.223. The summed E-state index contributed by atoms with van der Waals surface area (Å²) in [6.45, 7) is 0.690. The first-order valence-corrected chi connectivity index (χ1v) is 6.35. The highest BCUT2D eigenvalue weighted by atomic mass is 16.2. The van der Waals surface area contributed by atoms with E-state index in [-0.39, 0.29) is 24.1 Å². The van der Waals surface area contributed by atoms with Crippen molar-refractivity contribution in [2.45, 2.75) is 19.3 Å². The molecule has 0 atom stereocenters. The molecule has 0 saturated heterocycles. The number of unbranched alkanes of at least 4 members (excludes halogenated alkanes) is 1. The van der Waals surface area contributed by atoms with Crippen LogP contribution in [-0.2, 0) is 4.79 Å². The van der Waals surface area contributed by atoms with Crippen LogP contribution in [-0.4, -0.2) is 29.9 Å². The van der Waals surface area contributed by atoms with Crippen LogP contribution in [0, 0.1) is 11.8 Å². The van der Waals surface area contributed by atoms with Gasteiger partial charge < -0.3 is 16.8 Å². The maximum atomic E-state index is 12.0. The predicted molar refractivity (Wildman–Crippen MR) is 75.5 cm³/mol. The van der Waals surface area contributed by atoms with Gasteiger partial charge in [-0.15, -0.1) is 0 Å². The second kappa shape index (κ2) is 8.67. The van der Waals surface area contributed by atoms with Crippen molar-refractivity contribution in [1.82, 2.24) is 10.3 Å². The number of primary amides is 1. The zero-order chi connectivity index (χ0) is 14.8. The fourth-order valence-electron chi connectivity index (χ4n) is 1.54. The van der Waals surface area contributed by atoms with Gasteiger partial charge in [0.1, 0.15) is 5.69 Å². The first-order chi connectivity index (χ1) is 9.65. The van der Waals surface area contributed by atoms with E-state index in [0.717, 1.165) is 0 Å². The van der Waals surface area contributed by atoms with Gasteiger partial charge in [-0.1, -0.05) is 11.8 Å². The lowest BCUT2D eigenvalue weighted by molar-refractivity contribution is -0.118. The molecule has 5 N–H and O–H groups in total. The van der Waals surface area contributed by atoms with E-state index < -0.39 is 0 Å². The molecule has 0 unspecified atom stereocenters. The number of nitrogens with zero attached hydrogens (tertiary/aromatic N) is 1. The number of nitrogens with two attached hydrogens (primary N) is 2. The molecule has 0 saturated carbocycles. The molecule has 1 aromatic heterocycles. The number of carbonyl (C=O) groups is 2. The molecule has 0 bridgehead atoms. The van der Waals surface area contributed by atoms with Gasteiger partial charge >= 0.3 is 0 Å². The van der Waals surface area contributed by atoms with Crippen molar-refractivity contribution in [3.8, 4) is 11.8 Å². The molecule has 2 amide bonds. The quantitative estimate of drug-likeness (QED) is 0.491. The van der Waals surface area contributed by atoms with Crippen molar-refractivity contribution < 1.29 is 9.59 Å². The Morgan fingerprint density at radius 2 is 2.15 bits per heavy atom. The number of carbonyl (C=O) groups excluding carboxylic acids is 2.